The maximum Gasteiger partial charge on any atom is 0.252 e. The predicted octanol–water partition coefficient (Wildman–Crippen LogP) is 2.88. The highest BCUT2D eigenvalue weighted by molar-refractivity contribution is 7.91. The van der Waals surface area contributed by atoms with E-state index in [0.717, 1.165) is 5.56 Å². The van der Waals surface area contributed by atoms with Crippen molar-refractivity contribution >= 4 is 21.4 Å². The Morgan fingerprint density at radius 2 is 1.77 bits per heavy atom. The van der Waals surface area contributed by atoms with E-state index in [2.05, 4.69) is 0 Å². The lowest BCUT2D eigenvalue weighted by Crippen LogP contribution is -2.39. The number of thiophene rings is 1. The highest BCUT2D eigenvalue weighted by Gasteiger charge is 2.32. The molecule has 1 fully saturated rings. The van der Waals surface area contributed by atoms with Gasteiger partial charge >= 0.3 is 0 Å². The van der Waals surface area contributed by atoms with Gasteiger partial charge in [-0.25, -0.2) is 8.42 Å². The first kappa shape index (κ1) is 15.7. The maximum absolute atomic E-state index is 12.5. The van der Waals surface area contributed by atoms with Gasteiger partial charge in [0.2, 0.25) is 0 Å². The van der Waals surface area contributed by atoms with Crippen molar-refractivity contribution in [2.45, 2.75) is 23.2 Å². The van der Waals surface area contributed by atoms with Gasteiger partial charge in [0.1, 0.15) is 4.21 Å². The first-order chi connectivity index (χ1) is 10.6. The van der Waals surface area contributed by atoms with Gasteiger partial charge in [0, 0.05) is 13.1 Å². The van der Waals surface area contributed by atoms with E-state index in [1.165, 1.54) is 15.6 Å². The summed E-state index contributed by atoms with van der Waals surface area (Å²) in [6.45, 7) is 0.934. The lowest BCUT2D eigenvalue weighted by Gasteiger charge is -2.33. The zero-order valence-corrected chi connectivity index (χ0v) is 13.8. The van der Waals surface area contributed by atoms with Gasteiger partial charge in [-0.2, -0.15) is 4.31 Å². The van der Waals surface area contributed by atoms with Gasteiger partial charge in [0.15, 0.2) is 0 Å². The van der Waals surface area contributed by atoms with Crippen molar-refractivity contribution in [3.05, 3.63) is 53.4 Å². The lowest BCUT2D eigenvalue weighted by atomic mass is 9.88. The SMILES string of the molecule is O=S(=O)(c1cccs1)N1CCC(C(O)c2ccccc2)CC1. The largest absolute Gasteiger partial charge is 0.388 e. The smallest absolute Gasteiger partial charge is 0.252 e. The molecule has 0 saturated carbocycles. The molecule has 2 aromatic rings. The Bertz CT molecular complexity index is 690. The monoisotopic (exact) mass is 337 g/mol. The molecule has 0 aliphatic carbocycles. The molecule has 1 unspecified atom stereocenters. The Kier molecular flexibility index (Phi) is 4.63. The summed E-state index contributed by atoms with van der Waals surface area (Å²) in [6, 6.07) is 13.0. The van der Waals surface area contributed by atoms with Crippen LogP contribution in [0.4, 0.5) is 0 Å². The van der Waals surface area contributed by atoms with Crippen LogP contribution in [0.5, 0.6) is 0 Å². The van der Waals surface area contributed by atoms with E-state index in [9.17, 15) is 13.5 Å². The summed E-state index contributed by atoms with van der Waals surface area (Å²) in [5.74, 6) is 0.109. The topological polar surface area (TPSA) is 57.6 Å². The summed E-state index contributed by atoms with van der Waals surface area (Å²) in [7, 11) is -3.36. The highest BCUT2D eigenvalue weighted by atomic mass is 32.2. The van der Waals surface area contributed by atoms with Crippen LogP contribution in [0, 0.1) is 5.92 Å². The number of aliphatic hydroxyl groups excluding tert-OH is 1. The maximum atomic E-state index is 12.5. The quantitative estimate of drug-likeness (QED) is 0.933. The van der Waals surface area contributed by atoms with E-state index in [1.54, 1.807) is 17.5 Å². The zero-order chi connectivity index (χ0) is 15.6. The van der Waals surface area contributed by atoms with E-state index < -0.39 is 16.1 Å². The average molecular weight is 337 g/mol. The summed E-state index contributed by atoms with van der Waals surface area (Å²) < 4.78 is 26.9. The molecule has 0 radical (unpaired) electrons. The number of hydrogen-bond acceptors (Lipinski definition) is 4. The molecule has 6 heteroatoms. The fraction of sp³-hybridized carbons (Fsp3) is 0.375. The lowest BCUT2D eigenvalue weighted by molar-refractivity contribution is 0.0761. The fourth-order valence-electron chi connectivity index (χ4n) is 2.89. The third kappa shape index (κ3) is 3.10. The summed E-state index contributed by atoms with van der Waals surface area (Å²) >= 11 is 1.25. The number of nitrogens with zero attached hydrogens (tertiary/aromatic N) is 1. The number of aliphatic hydroxyl groups is 1. The molecule has 4 nitrogen and oxygen atoms in total. The second-order valence-corrected chi connectivity index (χ2v) is 8.64. The van der Waals surface area contributed by atoms with E-state index in [1.807, 2.05) is 30.3 Å². The van der Waals surface area contributed by atoms with Crippen LogP contribution < -0.4 is 0 Å². The molecule has 1 N–H and O–H groups in total. The van der Waals surface area contributed by atoms with Crippen LogP contribution in [0.3, 0.4) is 0 Å². The molecule has 1 aliphatic heterocycles. The van der Waals surface area contributed by atoms with Crippen LogP contribution in [-0.4, -0.2) is 30.9 Å². The van der Waals surface area contributed by atoms with Crippen molar-refractivity contribution in [2.24, 2.45) is 5.92 Å². The molecule has 1 atom stereocenters. The van der Waals surface area contributed by atoms with Crippen LogP contribution in [-0.2, 0) is 10.0 Å². The van der Waals surface area contributed by atoms with Crippen molar-refractivity contribution in [3.8, 4) is 0 Å². The Morgan fingerprint density at radius 1 is 1.09 bits per heavy atom. The normalized spacial score (nSPS) is 19.1. The molecular formula is C16H19NO3S2. The Labute approximate surface area is 135 Å². The molecular weight excluding hydrogens is 318 g/mol. The summed E-state index contributed by atoms with van der Waals surface area (Å²) in [6.07, 6.45) is 0.842. The molecule has 118 valence electrons. The van der Waals surface area contributed by atoms with E-state index in [4.69, 9.17) is 0 Å². The zero-order valence-electron chi connectivity index (χ0n) is 12.1. The molecule has 3 rings (SSSR count). The summed E-state index contributed by atoms with van der Waals surface area (Å²) in [5.41, 5.74) is 0.905. The van der Waals surface area contributed by atoms with Gasteiger partial charge in [-0.15, -0.1) is 11.3 Å². The van der Waals surface area contributed by atoms with Crippen LogP contribution in [0.2, 0.25) is 0 Å². The Balaban J connectivity index is 1.66. The van der Waals surface area contributed by atoms with E-state index >= 15 is 0 Å². The molecule has 1 aliphatic rings. The van der Waals surface area contributed by atoms with Gasteiger partial charge in [-0.1, -0.05) is 36.4 Å². The Morgan fingerprint density at radius 3 is 2.36 bits per heavy atom. The third-order valence-corrected chi connectivity index (χ3v) is 7.45. The molecule has 0 spiro atoms. The fourth-order valence-corrected chi connectivity index (χ4v) is 5.51. The molecule has 0 bridgehead atoms. The van der Waals surface area contributed by atoms with Crippen molar-refractivity contribution in [3.63, 3.8) is 0 Å². The molecule has 1 aromatic carbocycles. The highest BCUT2D eigenvalue weighted by Crippen LogP contribution is 2.33. The first-order valence-electron chi connectivity index (χ1n) is 7.36. The van der Waals surface area contributed by atoms with Gasteiger partial charge in [-0.3, -0.25) is 0 Å². The van der Waals surface area contributed by atoms with Crippen molar-refractivity contribution < 1.29 is 13.5 Å². The van der Waals surface area contributed by atoms with Crippen molar-refractivity contribution in [1.82, 2.24) is 4.31 Å². The number of sulfonamides is 1. The van der Waals surface area contributed by atoms with Crippen molar-refractivity contribution in [2.75, 3.05) is 13.1 Å². The second kappa shape index (κ2) is 6.50. The van der Waals surface area contributed by atoms with Gasteiger partial charge in [-0.05, 0) is 35.8 Å². The van der Waals surface area contributed by atoms with Crippen molar-refractivity contribution in [1.29, 1.82) is 0 Å². The first-order valence-corrected chi connectivity index (χ1v) is 9.67. The summed E-state index contributed by atoms with van der Waals surface area (Å²) in [5, 5.41) is 12.2. The molecule has 1 saturated heterocycles. The average Bonchev–Trinajstić information content (AvgIpc) is 3.10. The summed E-state index contributed by atoms with van der Waals surface area (Å²) in [4.78, 5) is 0. The van der Waals surface area contributed by atoms with Crippen LogP contribution in [0.25, 0.3) is 0 Å². The molecule has 1 aromatic heterocycles. The number of benzene rings is 1. The third-order valence-electron chi connectivity index (χ3n) is 4.18. The molecule has 0 amide bonds. The molecule has 22 heavy (non-hydrogen) atoms. The predicted molar refractivity (Wildman–Crippen MR) is 87.2 cm³/mol. The number of piperidine rings is 1. The van der Waals surface area contributed by atoms with Crippen LogP contribution in [0.15, 0.2) is 52.1 Å². The number of hydrogen-bond donors (Lipinski definition) is 1. The molecule has 2 heterocycles. The van der Waals surface area contributed by atoms with Gasteiger partial charge < -0.3 is 5.11 Å². The van der Waals surface area contributed by atoms with E-state index in [0.29, 0.717) is 30.1 Å². The number of rotatable bonds is 4. The second-order valence-electron chi connectivity index (χ2n) is 5.53. The van der Waals surface area contributed by atoms with Gasteiger partial charge in [0.05, 0.1) is 6.10 Å². The van der Waals surface area contributed by atoms with E-state index in [-0.39, 0.29) is 5.92 Å². The minimum Gasteiger partial charge on any atom is -0.388 e. The standard InChI is InChI=1S/C16H19NO3S2/c18-16(13-5-2-1-3-6-13)14-8-10-17(11-9-14)22(19,20)15-7-4-12-21-15/h1-7,12,14,16,18H,8-11H2. The van der Waals surface area contributed by atoms with Crippen LogP contribution in [0.1, 0.15) is 24.5 Å². The van der Waals surface area contributed by atoms with Gasteiger partial charge in [0.25, 0.3) is 10.0 Å². The Hall–Kier alpha value is -1.21. The minimum absolute atomic E-state index is 0.109. The minimum atomic E-state index is -3.36. The van der Waals surface area contributed by atoms with Crippen LogP contribution >= 0.6 is 11.3 Å².